The molecular formula is C17H14ClNO4. The number of nitrogens with zero attached hydrogens (tertiary/aromatic N) is 1. The molecule has 1 unspecified atom stereocenters. The Balaban J connectivity index is 2.18. The molecule has 0 saturated heterocycles. The van der Waals surface area contributed by atoms with Crippen LogP contribution >= 0.6 is 11.6 Å². The number of hydrogen-bond acceptors (Lipinski definition) is 4. The predicted octanol–water partition coefficient (Wildman–Crippen LogP) is 2.73. The van der Waals surface area contributed by atoms with Gasteiger partial charge in [0, 0.05) is 22.9 Å². The fraction of sp³-hybridized carbons (Fsp3) is 0.294. The maximum absolute atomic E-state index is 12.9. The van der Waals surface area contributed by atoms with E-state index in [0.29, 0.717) is 12.1 Å². The van der Waals surface area contributed by atoms with Gasteiger partial charge in [0.25, 0.3) is 5.56 Å². The average molecular weight is 332 g/mol. The van der Waals surface area contributed by atoms with Crippen LogP contribution in [0.2, 0.25) is 0 Å². The normalized spacial score (nSPS) is 21.6. The highest BCUT2D eigenvalue weighted by molar-refractivity contribution is 6.22. The van der Waals surface area contributed by atoms with Crippen LogP contribution in [0.15, 0.2) is 43.9 Å². The summed E-state index contributed by atoms with van der Waals surface area (Å²) < 4.78 is 6.70. The summed E-state index contributed by atoms with van der Waals surface area (Å²) >= 11 is 6.24. The van der Waals surface area contributed by atoms with Gasteiger partial charge in [-0.2, -0.15) is 0 Å². The first-order valence-electron chi connectivity index (χ1n) is 7.31. The summed E-state index contributed by atoms with van der Waals surface area (Å²) in [5.74, 6) is -0.363. The van der Waals surface area contributed by atoms with Crippen molar-refractivity contribution in [2.45, 2.75) is 31.1 Å². The Morgan fingerprint density at radius 2 is 2.09 bits per heavy atom. The minimum atomic E-state index is -0.688. The topological polar surface area (TPSA) is 72.4 Å². The summed E-state index contributed by atoms with van der Waals surface area (Å²) in [5.41, 5.74) is 1.05. The van der Waals surface area contributed by atoms with Gasteiger partial charge < -0.3 is 9.52 Å². The minimum Gasteiger partial charge on any atom is -0.507 e. The maximum Gasteiger partial charge on any atom is 0.339 e. The average Bonchev–Trinajstić information content (AvgIpc) is 2.67. The molecule has 1 N–H and O–H groups in total. The molecule has 1 aliphatic heterocycles. The number of fused-ring (bicyclic) bond motifs is 4. The van der Waals surface area contributed by atoms with Crippen LogP contribution in [0.3, 0.4) is 0 Å². The largest absolute Gasteiger partial charge is 0.507 e. The SMILES string of the molecule is CC1(C)C2=CC(Cl)CC=C2n2c1cc1oc(=O)cc(O)c1c2=O. The van der Waals surface area contributed by atoms with E-state index in [0.717, 1.165) is 17.3 Å². The molecule has 0 fully saturated rings. The van der Waals surface area contributed by atoms with Crippen LogP contribution in [0, 0.1) is 0 Å². The van der Waals surface area contributed by atoms with Crippen molar-refractivity contribution in [1.29, 1.82) is 0 Å². The molecule has 3 heterocycles. The van der Waals surface area contributed by atoms with Gasteiger partial charge >= 0.3 is 5.63 Å². The van der Waals surface area contributed by atoms with E-state index in [2.05, 4.69) is 0 Å². The highest BCUT2D eigenvalue weighted by Gasteiger charge is 2.41. The van der Waals surface area contributed by atoms with E-state index in [-0.39, 0.29) is 22.1 Å². The first kappa shape index (κ1) is 14.3. The lowest BCUT2D eigenvalue weighted by atomic mass is 9.80. The number of hydrogen-bond donors (Lipinski definition) is 1. The van der Waals surface area contributed by atoms with Crippen LogP contribution in [-0.4, -0.2) is 15.1 Å². The van der Waals surface area contributed by atoms with Crippen LogP contribution in [0.1, 0.15) is 26.0 Å². The quantitative estimate of drug-likeness (QED) is 0.753. The molecule has 0 aromatic carbocycles. The Kier molecular flexibility index (Phi) is 2.73. The lowest BCUT2D eigenvalue weighted by molar-refractivity contribution is 0.466. The van der Waals surface area contributed by atoms with Crippen LogP contribution in [0.25, 0.3) is 16.7 Å². The van der Waals surface area contributed by atoms with E-state index in [1.54, 1.807) is 10.6 Å². The zero-order chi connectivity index (χ0) is 16.5. The Hall–Kier alpha value is -2.27. The van der Waals surface area contributed by atoms with Gasteiger partial charge in [0.1, 0.15) is 16.7 Å². The van der Waals surface area contributed by atoms with Gasteiger partial charge in [-0.25, -0.2) is 4.79 Å². The zero-order valence-corrected chi connectivity index (χ0v) is 13.3. The van der Waals surface area contributed by atoms with Gasteiger partial charge in [0.15, 0.2) is 0 Å². The fourth-order valence-electron chi connectivity index (χ4n) is 3.47. The summed E-state index contributed by atoms with van der Waals surface area (Å²) in [7, 11) is 0. The molecule has 2 aromatic rings. The molecule has 0 saturated carbocycles. The van der Waals surface area contributed by atoms with E-state index >= 15 is 0 Å². The lowest BCUT2D eigenvalue weighted by Gasteiger charge is -2.22. The number of pyridine rings is 1. The maximum atomic E-state index is 12.9. The van der Waals surface area contributed by atoms with Crippen LogP contribution in [0.4, 0.5) is 0 Å². The molecule has 5 nitrogen and oxygen atoms in total. The second-order valence-corrected chi connectivity index (χ2v) is 6.97. The van der Waals surface area contributed by atoms with Gasteiger partial charge in [-0.1, -0.05) is 26.0 Å². The second-order valence-electron chi connectivity index (χ2n) is 6.41. The first-order chi connectivity index (χ1) is 10.8. The molecule has 0 radical (unpaired) electrons. The fourth-order valence-corrected chi connectivity index (χ4v) is 3.69. The molecule has 0 spiro atoms. The summed E-state index contributed by atoms with van der Waals surface area (Å²) in [6.07, 6.45) is 4.54. The van der Waals surface area contributed by atoms with Crippen molar-refractivity contribution in [3.63, 3.8) is 0 Å². The molecule has 0 bridgehead atoms. The van der Waals surface area contributed by atoms with E-state index in [1.165, 1.54) is 0 Å². The molecule has 0 amide bonds. The molecule has 4 rings (SSSR count). The minimum absolute atomic E-state index is 0.0132. The van der Waals surface area contributed by atoms with Crippen molar-refractivity contribution in [1.82, 2.24) is 4.57 Å². The van der Waals surface area contributed by atoms with Gasteiger partial charge in [-0.15, -0.1) is 11.6 Å². The molecule has 2 aliphatic rings. The molecule has 23 heavy (non-hydrogen) atoms. The molecular weight excluding hydrogens is 318 g/mol. The second kappa shape index (κ2) is 4.38. The van der Waals surface area contributed by atoms with E-state index in [1.807, 2.05) is 26.0 Å². The summed E-state index contributed by atoms with van der Waals surface area (Å²) in [5, 5.41) is 9.90. The van der Waals surface area contributed by atoms with Crippen molar-refractivity contribution in [2.24, 2.45) is 0 Å². The first-order valence-corrected chi connectivity index (χ1v) is 7.75. The summed E-state index contributed by atoms with van der Waals surface area (Å²) in [6, 6.07) is 2.57. The smallest absolute Gasteiger partial charge is 0.339 e. The summed E-state index contributed by atoms with van der Waals surface area (Å²) in [6.45, 7) is 3.99. The highest BCUT2D eigenvalue weighted by Crippen LogP contribution is 2.47. The number of allylic oxidation sites excluding steroid dienone is 4. The monoisotopic (exact) mass is 331 g/mol. The third-order valence-corrected chi connectivity index (χ3v) is 4.91. The van der Waals surface area contributed by atoms with Gasteiger partial charge in [-0.3, -0.25) is 9.36 Å². The Bertz CT molecular complexity index is 1040. The Morgan fingerprint density at radius 1 is 1.35 bits per heavy atom. The van der Waals surface area contributed by atoms with Crippen molar-refractivity contribution in [3.8, 4) is 5.75 Å². The predicted molar refractivity (Wildman–Crippen MR) is 88.0 cm³/mol. The Morgan fingerprint density at radius 3 is 2.83 bits per heavy atom. The van der Waals surface area contributed by atoms with Crippen molar-refractivity contribution >= 4 is 28.3 Å². The van der Waals surface area contributed by atoms with E-state index in [9.17, 15) is 14.7 Å². The lowest BCUT2D eigenvalue weighted by Crippen LogP contribution is -2.22. The number of alkyl halides is 1. The van der Waals surface area contributed by atoms with Gasteiger partial charge in [-0.05, 0) is 12.0 Å². The summed E-state index contributed by atoms with van der Waals surface area (Å²) in [4.78, 5) is 24.4. The molecule has 6 heteroatoms. The molecule has 118 valence electrons. The van der Waals surface area contributed by atoms with Crippen LogP contribution < -0.4 is 11.2 Å². The van der Waals surface area contributed by atoms with Gasteiger partial charge in [0.05, 0.1) is 11.4 Å². The van der Waals surface area contributed by atoms with Crippen molar-refractivity contribution in [3.05, 3.63) is 56.3 Å². The zero-order valence-electron chi connectivity index (χ0n) is 12.6. The van der Waals surface area contributed by atoms with E-state index in [4.69, 9.17) is 16.0 Å². The third-order valence-electron chi connectivity index (χ3n) is 4.61. The number of halogens is 1. The van der Waals surface area contributed by atoms with Crippen LogP contribution in [-0.2, 0) is 5.41 Å². The molecule has 2 aromatic heterocycles. The van der Waals surface area contributed by atoms with Crippen molar-refractivity contribution in [2.75, 3.05) is 0 Å². The standard InChI is InChI=1S/C17H14ClNO4/c1-17(2)9-5-8(18)3-4-10(9)19-13(17)7-12-15(16(19)22)11(20)6-14(21)23-12/h4-8,20H,3H2,1-2H3. The van der Waals surface area contributed by atoms with Crippen molar-refractivity contribution < 1.29 is 9.52 Å². The molecule has 1 atom stereocenters. The number of aromatic hydroxyl groups is 1. The third kappa shape index (κ3) is 1.80. The number of aromatic nitrogens is 1. The molecule has 1 aliphatic carbocycles. The number of rotatable bonds is 0. The van der Waals surface area contributed by atoms with E-state index < -0.39 is 16.6 Å². The van der Waals surface area contributed by atoms with Gasteiger partial charge in [0.2, 0.25) is 0 Å². The highest BCUT2D eigenvalue weighted by atomic mass is 35.5. The Labute approximate surface area is 136 Å². The van der Waals surface area contributed by atoms with Crippen LogP contribution in [0.5, 0.6) is 5.75 Å².